The fourth-order valence-corrected chi connectivity index (χ4v) is 3.78. The molecule has 0 N–H and O–H groups in total. The molecule has 1 atom stereocenters. The van der Waals surface area contributed by atoms with Gasteiger partial charge in [-0.3, -0.25) is 9.69 Å². The van der Waals surface area contributed by atoms with Gasteiger partial charge in [-0.15, -0.1) is 0 Å². The Bertz CT molecular complexity index is 804. The number of benzene rings is 2. The maximum atomic E-state index is 12.9. The molecule has 0 amide bonds. The number of para-hydroxylation sites is 1. The van der Waals surface area contributed by atoms with Gasteiger partial charge in [0.1, 0.15) is 5.75 Å². The summed E-state index contributed by atoms with van der Waals surface area (Å²) in [6.45, 7) is 2.81. The summed E-state index contributed by atoms with van der Waals surface area (Å²) in [5, 5.41) is 0. The highest BCUT2D eigenvalue weighted by Crippen LogP contribution is 2.36. The van der Waals surface area contributed by atoms with Gasteiger partial charge in [0.2, 0.25) is 6.79 Å². The average Bonchev–Trinajstić information content (AvgIpc) is 3.17. The van der Waals surface area contributed by atoms with E-state index in [0.717, 1.165) is 60.9 Å². The predicted octanol–water partition coefficient (Wildman–Crippen LogP) is 3.52. The van der Waals surface area contributed by atoms with E-state index in [4.69, 9.17) is 14.2 Å². The van der Waals surface area contributed by atoms with Crippen molar-refractivity contribution in [2.24, 2.45) is 5.92 Å². The van der Waals surface area contributed by atoms with E-state index in [1.165, 1.54) is 0 Å². The van der Waals surface area contributed by atoms with Crippen LogP contribution in [0.15, 0.2) is 42.5 Å². The second kappa shape index (κ2) is 7.38. The van der Waals surface area contributed by atoms with Crippen LogP contribution in [-0.2, 0) is 6.54 Å². The number of ketones is 1. The van der Waals surface area contributed by atoms with E-state index in [1.807, 2.05) is 36.4 Å². The van der Waals surface area contributed by atoms with E-state index in [2.05, 4.69) is 11.0 Å². The number of carbonyl (C=O) groups is 1. The van der Waals surface area contributed by atoms with E-state index in [-0.39, 0.29) is 18.5 Å². The third-order valence-electron chi connectivity index (χ3n) is 5.10. The topological polar surface area (TPSA) is 48.0 Å². The quantitative estimate of drug-likeness (QED) is 0.770. The molecule has 2 aliphatic heterocycles. The third-order valence-corrected chi connectivity index (χ3v) is 5.10. The van der Waals surface area contributed by atoms with Crippen LogP contribution < -0.4 is 14.2 Å². The van der Waals surface area contributed by atoms with Crippen molar-refractivity contribution < 1.29 is 19.0 Å². The molecule has 0 radical (unpaired) electrons. The SMILES string of the molecule is COc1cccc(C(=O)[C@H]2CCCN(Cc3cccc4c3OCO4)C2)c1. The van der Waals surface area contributed by atoms with Crippen LogP contribution in [-0.4, -0.2) is 37.7 Å². The number of hydrogen-bond acceptors (Lipinski definition) is 5. The fourth-order valence-electron chi connectivity index (χ4n) is 3.78. The Labute approximate surface area is 153 Å². The van der Waals surface area contributed by atoms with Crippen LogP contribution in [0.3, 0.4) is 0 Å². The number of likely N-dealkylation sites (tertiary alicyclic amines) is 1. The third kappa shape index (κ3) is 3.40. The number of hydrogen-bond donors (Lipinski definition) is 0. The smallest absolute Gasteiger partial charge is 0.231 e. The lowest BCUT2D eigenvalue weighted by molar-refractivity contribution is 0.0810. The Balaban J connectivity index is 1.46. The van der Waals surface area contributed by atoms with Crippen molar-refractivity contribution in [3.8, 4) is 17.2 Å². The largest absolute Gasteiger partial charge is 0.497 e. The number of piperidine rings is 1. The van der Waals surface area contributed by atoms with E-state index in [9.17, 15) is 4.79 Å². The first-order chi connectivity index (χ1) is 12.7. The average molecular weight is 353 g/mol. The number of Topliss-reactive ketones (excluding diaryl/α,β-unsaturated/α-hetero) is 1. The molecule has 0 unspecified atom stereocenters. The monoisotopic (exact) mass is 353 g/mol. The molecule has 2 aromatic rings. The Hall–Kier alpha value is -2.53. The molecule has 0 aromatic heterocycles. The predicted molar refractivity (Wildman–Crippen MR) is 97.9 cm³/mol. The van der Waals surface area contributed by atoms with Crippen molar-refractivity contribution in [3.63, 3.8) is 0 Å². The molecule has 0 saturated carbocycles. The zero-order valence-corrected chi connectivity index (χ0v) is 14.9. The van der Waals surface area contributed by atoms with Crippen LogP contribution in [0.5, 0.6) is 17.2 Å². The van der Waals surface area contributed by atoms with Gasteiger partial charge in [-0.05, 0) is 37.6 Å². The summed E-state index contributed by atoms with van der Waals surface area (Å²) in [6.07, 6.45) is 1.95. The molecule has 136 valence electrons. The molecule has 5 nitrogen and oxygen atoms in total. The minimum absolute atomic E-state index is 0.0183. The van der Waals surface area contributed by atoms with Crippen LogP contribution in [0.2, 0.25) is 0 Å². The first-order valence-electron chi connectivity index (χ1n) is 9.02. The van der Waals surface area contributed by atoms with Crippen molar-refractivity contribution in [3.05, 3.63) is 53.6 Å². The molecule has 1 saturated heterocycles. The second-order valence-corrected chi connectivity index (χ2v) is 6.82. The summed E-state index contributed by atoms with van der Waals surface area (Å²) in [6, 6.07) is 13.4. The Morgan fingerprint density at radius 2 is 2.12 bits per heavy atom. The van der Waals surface area contributed by atoms with Gasteiger partial charge in [-0.25, -0.2) is 0 Å². The molecule has 1 fully saturated rings. The van der Waals surface area contributed by atoms with Crippen LogP contribution in [0.4, 0.5) is 0 Å². The number of rotatable bonds is 5. The van der Waals surface area contributed by atoms with Crippen molar-refractivity contribution in [1.82, 2.24) is 4.90 Å². The molecule has 2 aliphatic rings. The highest BCUT2D eigenvalue weighted by atomic mass is 16.7. The summed E-state index contributed by atoms with van der Waals surface area (Å²) in [7, 11) is 1.62. The zero-order chi connectivity index (χ0) is 17.9. The molecule has 0 spiro atoms. The normalized spacial score (nSPS) is 19.3. The van der Waals surface area contributed by atoms with Gasteiger partial charge in [0, 0.05) is 30.1 Å². The molecule has 2 heterocycles. The van der Waals surface area contributed by atoms with Crippen molar-refractivity contribution in [1.29, 1.82) is 0 Å². The molecule has 5 heteroatoms. The maximum Gasteiger partial charge on any atom is 0.231 e. The molecular weight excluding hydrogens is 330 g/mol. The minimum atomic E-state index is 0.0183. The summed E-state index contributed by atoms with van der Waals surface area (Å²) in [4.78, 5) is 15.3. The molecule has 2 aromatic carbocycles. The summed E-state index contributed by atoms with van der Waals surface area (Å²) in [5.74, 6) is 2.59. The van der Waals surface area contributed by atoms with Gasteiger partial charge in [-0.1, -0.05) is 24.3 Å². The number of fused-ring (bicyclic) bond motifs is 1. The van der Waals surface area contributed by atoms with Crippen LogP contribution in [0.25, 0.3) is 0 Å². The van der Waals surface area contributed by atoms with Gasteiger partial charge in [0.25, 0.3) is 0 Å². The van der Waals surface area contributed by atoms with Crippen LogP contribution in [0, 0.1) is 5.92 Å². The highest BCUT2D eigenvalue weighted by Gasteiger charge is 2.28. The number of ether oxygens (including phenoxy) is 3. The van der Waals surface area contributed by atoms with Crippen molar-refractivity contribution in [2.75, 3.05) is 27.0 Å². The van der Waals surface area contributed by atoms with Gasteiger partial charge >= 0.3 is 0 Å². The van der Waals surface area contributed by atoms with Crippen molar-refractivity contribution in [2.45, 2.75) is 19.4 Å². The first kappa shape index (κ1) is 16.9. The highest BCUT2D eigenvalue weighted by molar-refractivity contribution is 5.98. The van der Waals surface area contributed by atoms with Crippen LogP contribution in [0.1, 0.15) is 28.8 Å². The fraction of sp³-hybridized carbons (Fsp3) is 0.381. The Morgan fingerprint density at radius 3 is 3.00 bits per heavy atom. The number of methoxy groups -OCH3 is 1. The van der Waals surface area contributed by atoms with E-state index in [1.54, 1.807) is 7.11 Å². The Kier molecular flexibility index (Phi) is 4.80. The summed E-state index contributed by atoms with van der Waals surface area (Å²) in [5.41, 5.74) is 1.85. The van der Waals surface area contributed by atoms with E-state index in [0.29, 0.717) is 0 Å². The maximum absolute atomic E-state index is 12.9. The molecule has 0 aliphatic carbocycles. The summed E-state index contributed by atoms with van der Waals surface area (Å²) >= 11 is 0. The molecular formula is C21H23NO4. The van der Waals surface area contributed by atoms with E-state index >= 15 is 0 Å². The second-order valence-electron chi connectivity index (χ2n) is 6.82. The van der Waals surface area contributed by atoms with E-state index < -0.39 is 0 Å². The first-order valence-corrected chi connectivity index (χ1v) is 9.02. The van der Waals surface area contributed by atoms with Gasteiger partial charge in [0.15, 0.2) is 17.3 Å². The van der Waals surface area contributed by atoms with Crippen LogP contribution >= 0.6 is 0 Å². The lowest BCUT2D eigenvalue weighted by atomic mass is 9.89. The van der Waals surface area contributed by atoms with Gasteiger partial charge in [-0.2, -0.15) is 0 Å². The number of nitrogens with zero attached hydrogens (tertiary/aromatic N) is 1. The standard InChI is InChI=1S/C21H23NO4/c1-24-18-8-2-5-15(11-18)20(23)16-7-4-10-22(12-16)13-17-6-3-9-19-21(17)26-14-25-19/h2-3,5-6,8-9,11,16H,4,7,10,12-14H2,1H3/t16-/m0/s1. The molecule has 4 rings (SSSR count). The lowest BCUT2D eigenvalue weighted by Crippen LogP contribution is -2.38. The number of carbonyl (C=O) groups excluding carboxylic acids is 1. The summed E-state index contributed by atoms with van der Waals surface area (Å²) < 4.78 is 16.3. The minimum Gasteiger partial charge on any atom is -0.497 e. The van der Waals surface area contributed by atoms with Gasteiger partial charge in [0.05, 0.1) is 7.11 Å². The molecule has 26 heavy (non-hydrogen) atoms. The molecule has 0 bridgehead atoms. The Morgan fingerprint density at radius 1 is 1.23 bits per heavy atom. The lowest BCUT2D eigenvalue weighted by Gasteiger charge is -2.32. The van der Waals surface area contributed by atoms with Crippen molar-refractivity contribution >= 4 is 5.78 Å². The van der Waals surface area contributed by atoms with Gasteiger partial charge < -0.3 is 14.2 Å². The zero-order valence-electron chi connectivity index (χ0n) is 14.9.